The highest BCUT2D eigenvalue weighted by molar-refractivity contribution is 6.45. The van der Waals surface area contributed by atoms with E-state index >= 15 is 0 Å². The molecule has 0 aromatic heterocycles. The highest BCUT2D eigenvalue weighted by Gasteiger charge is 2.24. The van der Waals surface area contributed by atoms with Crippen molar-refractivity contribution in [2.45, 2.75) is 13.3 Å². The molecule has 1 saturated heterocycles. The third-order valence-electron chi connectivity index (χ3n) is 1.56. The number of nitrogens with zero attached hydrogens (tertiary/aromatic N) is 1. The maximum absolute atomic E-state index is 10.9. The SMILES string of the molecule is CCOC(=O)CCN=C1NC(=O)C(=O)N1. The van der Waals surface area contributed by atoms with Crippen LogP contribution in [0.4, 0.5) is 0 Å². The van der Waals surface area contributed by atoms with Gasteiger partial charge in [-0.05, 0) is 6.92 Å². The van der Waals surface area contributed by atoms with E-state index in [1.165, 1.54) is 0 Å². The van der Waals surface area contributed by atoms with Crippen LogP contribution in [-0.4, -0.2) is 36.9 Å². The zero-order valence-electron chi connectivity index (χ0n) is 8.20. The summed E-state index contributed by atoms with van der Waals surface area (Å²) in [5.41, 5.74) is 0. The molecule has 2 amide bonds. The summed E-state index contributed by atoms with van der Waals surface area (Å²) >= 11 is 0. The van der Waals surface area contributed by atoms with E-state index in [1.54, 1.807) is 6.92 Å². The van der Waals surface area contributed by atoms with Crippen molar-refractivity contribution < 1.29 is 19.1 Å². The molecule has 82 valence electrons. The second kappa shape index (κ2) is 5.08. The number of aliphatic imine (C=N–C) groups is 1. The van der Waals surface area contributed by atoms with E-state index in [2.05, 4.69) is 20.4 Å². The Morgan fingerprint density at radius 2 is 1.93 bits per heavy atom. The summed E-state index contributed by atoms with van der Waals surface area (Å²) in [6.07, 6.45) is 0.114. The zero-order valence-corrected chi connectivity index (χ0v) is 8.20. The number of rotatable bonds is 4. The summed E-state index contributed by atoms with van der Waals surface area (Å²) in [6, 6.07) is 0. The summed E-state index contributed by atoms with van der Waals surface area (Å²) in [6.45, 7) is 2.19. The van der Waals surface area contributed by atoms with Gasteiger partial charge in [-0.15, -0.1) is 0 Å². The Balaban J connectivity index is 2.30. The number of guanidine groups is 1. The molecule has 7 nitrogen and oxygen atoms in total. The third-order valence-corrected chi connectivity index (χ3v) is 1.56. The smallest absolute Gasteiger partial charge is 0.316 e. The van der Waals surface area contributed by atoms with Crippen molar-refractivity contribution >= 4 is 23.7 Å². The van der Waals surface area contributed by atoms with E-state index in [1.807, 2.05) is 0 Å². The largest absolute Gasteiger partial charge is 0.466 e. The van der Waals surface area contributed by atoms with Gasteiger partial charge < -0.3 is 4.74 Å². The molecule has 0 saturated carbocycles. The number of ether oxygens (including phenoxy) is 1. The molecule has 0 aromatic carbocycles. The van der Waals surface area contributed by atoms with Crippen LogP contribution in [0.5, 0.6) is 0 Å². The van der Waals surface area contributed by atoms with Gasteiger partial charge in [-0.25, -0.2) is 0 Å². The van der Waals surface area contributed by atoms with E-state index in [-0.39, 0.29) is 24.9 Å². The molecule has 1 heterocycles. The van der Waals surface area contributed by atoms with Crippen LogP contribution in [0.15, 0.2) is 4.99 Å². The van der Waals surface area contributed by atoms with Gasteiger partial charge >= 0.3 is 17.8 Å². The average Bonchev–Trinajstić information content (AvgIpc) is 2.46. The lowest BCUT2D eigenvalue weighted by Gasteiger charge is -1.99. The summed E-state index contributed by atoms with van der Waals surface area (Å²) < 4.78 is 4.67. The van der Waals surface area contributed by atoms with Gasteiger partial charge in [0.15, 0.2) is 0 Å². The molecule has 0 atom stereocenters. The Hall–Kier alpha value is -1.92. The molecule has 1 aliphatic rings. The monoisotopic (exact) mass is 213 g/mol. The maximum atomic E-state index is 10.9. The van der Waals surface area contributed by atoms with Crippen molar-refractivity contribution in [3.8, 4) is 0 Å². The van der Waals surface area contributed by atoms with Crippen LogP contribution in [0, 0.1) is 0 Å². The van der Waals surface area contributed by atoms with Gasteiger partial charge in [0, 0.05) is 0 Å². The molecule has 1 aliphatic heterocycles. The maximum Gasteiger partial charge on any atom is 0.316 e. The van der Waals surface area contributed by atoms with Crippen molar-refractivity contribution in [2.75, 3.05) is 13.2 Å². The van der Waals surface area contributed by atoms with Gasteiger partial charge in [-0.3, -0.25) is 30.0 Å². The van der Waals surface area contributed by atoms with Crippen molar-refractivity contribution in [1.29, 1.82) is 0 Å². The van der Waals surface area contributed by atoms with Crippen LogP contribution in [0.2, 0.25) is 0 Å². The Bertz CT molecular complexity index is 306. The first-order chi connectivity index (χ1) is 7.13. The average molecular weight is 213 g/mol. The van der Waals surface area contributed by atoms with Gasteiger partial charge in [-0.2, -0.15) is 0 Å². The highest BCUT2D eigenvalue weighted by atomic mass is 16.5. The lowest BCUT2D eigenvalue weighted by Crippen LogP contribution is -2.26. The van der Waals surface area contributed by atoms with E-state index in [0.717, 1.165) is 0 Å². The van der Waals surface area contributed by atoms with Crippen LogP contribution in [0.3, 0.4) is 0 Å². The second-order valence-corrected chi connectivity index (χ2v) is 2.69. The van der Waals surface area contributed by atoms with Crippen molar-refractivity contribution in [1.82, 2.24) is 10.6 Å². The van der Waals surface area contributed by atoms with E-state index in [0.29, 0.717) is 6.61 Å². The lowest BCUT2D eigenvalue weighted by atomic mass is 10.4. The minimum absolute atomic E-state index is 0.0781. The number of amides is 2. The Morgan fingerprint density at radius 3 is 2.47 bits per heavy atom. The third kappa shape index (κ3) is 3.37. The Kier molecular flexibility index (Phi) is 3.78. The van der Waals surface area contributed by atoms with Crippen LogP contribution in [-0.2, 0) is 19.1 Å². The fourth-order valence-electron chi connectivity index (χ4n) is 0.931. The van der Waals surface area contributed by atoms with Gasteiger partial charge in [0.2, 0.25) is 5.96 Å². The van der Waals surface area contributed by atoms with Crippen LogP contribution < -0.4 is 10.6 Å². The van der Waals surface area contributed by atoms with Gasteiger partial charge in [0.1, 0.15) is 0 Å². The second-order valence-electron chi connectivity index (χ2n) is 2.69. The molecule has 0 aromatic rings. The van der Waals surface area contributed by atoms with E-state index < -0.39 is 11.8 Å². The predicted molar refractivity (Wildman–Crippen MR) is 49.8 cm³/mol. The van der Waals surface area contributed by atoms with Gasteiger partial charge in [0.05, 0.1) is 19.6 Å². The Labute approximate surface area is 85.9 Å². The standard InChI is InChI=1S/C8H11N3O4/c1-2-15-5(12)3-4-9-8-10-6(13)7(14)11-8/h2-4H2,1H3,(H2,9,10,11,13,14). The van der Waals surface area contributed by atoms with Gasteiger partial charge in [0.25, 0.3) is 0 Å². The number of nitrogens with one attached hydrogen (secondary N) is 2. The topological polar surface area (TPSA) is 96.9 Å². The van der Waals surface area contributed by atoms with Crippen molar-refractivity contribution in [2.24, 2.45) is 4.99 Å². The van der Waals surface area contributed by atoms with Crippen LogP contribution >= 0.6 is 0 Å². The number of esters is 1. The quantitative estimate of drug-likeness (QED) is 0.440. The Morgan fingerprint density at radius 1 is 1.33 bits per heavy atom. The first kappa shape index (κ1) is 11.2. The molecule has 0 aliphatic carbocycles. The molecule has 2 N–H and O–H groups in total. The molecule has 7 heteroatoms. The van der Waals surface area contributed by atoms with E-state index in [9.17, 15) is 14.4 Å². The molecule has 0 bridgehead atoms. The minimum atomic E-state index is -0.745. The number of carbonyl (C=O) groups is 3. The summed E-state index contributed by atoms with van der Waals surface area (Å²) in [5, 5.41) is 4.42. The lowest BCUT2D eigenvalue weighted by molar-refractivity contribution is -0.142. The summed E-state index contributed by atoms with van der Waals surface area (Å²) in [7, 11) is 0. The molecule has 1 fully saturated rings. The summed E-state index contributed by atoms with van der Waals surface area (Å²) in [4.78, 5) is 36.1. The van der Waals surface area contributed by atoms with Gasteiger partial charge in [-0.1, -0.05) is 0 Å². The number of hydrogen-bond acceptors (Lipinski definition) is 5. The minimum Gasteiger partial charge on any atom is -0.466 e. The first-order valence-corrected chi connectivity index (χ1v) is 4.46. The van der Waals surface area contributed by atoms with E-state index in [4.69, 9.17) is 0 Å². The highest BCUT2D eigenvalue weighted by Crippen LogP contribution is 1.89. The van der Waals surface area contributed by atoms with Crippen molar-refractivity contribution in [3.63, 3.8) is 0 Å². The first-order valence-electron chi connectivity index (χ1n) is 4.46. The fourth-order valence-corrected chi connectivity index (χ4v) is 0.931. The van der Waals surface area contributed by atoms with Crippen molar-refractivity contribution in [3.05, 3.63) is 0 Å². The molecular weight excluding hydrogens is 202 g/mol. The number of hydrogen-bond donors (Lipinski definition) is 2. The normalized spacial score (nSPS) is 14.6. The molecule has 0 radical (unpaired) electrons. The summed E-state index contributed by atoms with van der Waals surface area (Å²) in [5.74, 6) is -1.78. The predicted octanol–water partition coefficient (Wildman–Crippen LogP) is -1.46. The molecular formula is C8H11N3O4. The number of carbonyl (C=O) groups excluding carboxylic acids is 3. The molecule has 15 heavy (non-hydrogen) atoms. The molecule has 1 rings (SSSR count). The van der Waals surface area contributed by atoms with Crippen LogP contribution in [0.25, 0.3) is 0 Å². The zero-order chi connectivity index (χ0) is 11.3. The fraction of sp³-hybridized carbons (Fsp3) is 0.500. The molecule has 0 unspecified atom stereocenters. The van der Waals surface area contributed by atoms with Crippen LogP contribution in [0.1, 0.15) is 13.3 Å². The molecule has 0 spiro atoms.